The fourth-order valence-electron chi connectivity index (χ4n) is 2.02. The van der Waals surface area contributed by atoms with Crippen LogP contribution in [-0.4, -0.2) is 36.3 Å². The lowest BCUT2D eigenvalue weighted by Crippen LogP contribution is -2.46. The predicted octanol–water partition coefficient (Wildman–Crippen LogP) is 1.79. The number of rotatable bonds is 9. The molecule has 108 valence electrons. The minimum atomic E-state index is -1.15. The van der Waals surface area contributed by atoms with Gasteiger partial charge in [0.15, 0.2) is 16.6 Å². The third-order valence-electron chi connectivity index (χ3n) is 2.73. The first-order chi connectivity index (χ1) is 9.24. The van der Waals surface area contributed by atoms with Crippen LogP contribution in [0.25, 0.3) is 0 Å². The maximum absolute atomic E-state index is 5.84. The van der Waals surface area contributed by atoms with Crippen molar-refractivity contribution in [3.8, 4) is 0 Å². The van der Waals surface area contributed by atoms with Crippen LogP contribution in [0.2, 0.25) is 0 Å². The van der Waals surface area contributed by atoms with Crippen LogP contribution in [-0.2, 0) is 18.6 Å². The normalized spacial score (nSPS) is 13.6. The fourth-order valence-corrected chi connectivity index (χ4v) is 2.47. The smallest absolute Gasteiger partial charge is 0.305 e. The molecule has 0 radical (unpaired) electrons. The highest BCUT2D eigenvalue weighted by Crippen LogP contribution is 2.34. The molecule has 4 nitrogen and oxygen atoms in total. The van der Waals surface area contributed by atoms with Crippen LogP contribution in [0, 0.1) is 0 Å². The molecule has 0 spiro atoms. The molecule has 0 aromatic heterocycles. The summed E-state index contributed by atoms with van der Waals surface area (Å²) in [4.78, 5) is 0. The van der Waals surface area contributed by atoms with Crippen LogP contribution in [0.4, 0.5) is 0 Å². The highest BCUT2D eigenvalue weighted by molar-refractivity contribution is 5.98. The van der Waals surface area contributed by atoms with Crippen molar-refractivity contribution in [2.24, 2.45) is 0 Å². The largest absolute Gasteiger partial charge is 0.378 e. The summed E-state index contributed by atoms with van der Waals surface area (Å²) in [5.74, 6) is -1.15. The van der Waals surface area contributed by atoms with Crippen LogP contribution in [0.3, 0.4) is 0 Å². The quantitative estimate of drug-likeness (QED) is 0.512. The Labute approximate surface area is 118 Å². The Kier molecular flexibility index (Phi) is 7.26. The minimum absolute atomic E-state index is 0.393. The summed E-state index contributed by atoms with van der Waals surface area (Å²) < 4.78 is 23.0. The van der Waals surface area contributed by atoms with E-state index in [-0.39, 0.29) is 0 Å². The molecule has 0 N–H and O–H groups in total. The van der Waals surface area contributed by atoms with E-state index in [4.69, 9.17) is 18.6 Å². The lowest BCUT2D eigenvalue weighted by molar-refractivity contribution is -0.386. The predicted molar refractivity (Wildman–Crippen MR) is 77.8 cm³/mol. The van der Waals surface area contributed by atoms with E-state index in [2.05, 4.69) is 0 Å². The molecule has 1 rings (SSSR count). The molecular weight excluding hydrogens is 260 g/mol. The fraction of sp³-hybridized carbons (Fsp3) is 0.571. The number of ether oxygens (including phenoxy) is 3. The van der Waals surface area contributed by atoms with Crippen LogP contribution in [0.15, 0.2) is 30.3 Å². The zero-order valence-electron chi connectivity index (χ0n) is 12.2. The molecular formula is C14H24O4Si. The topological polar surface area (TPSA) is 36.9 Å². The maximum Gasteiger partial charge on any atom is 0.305 e. The summed E-state index contributed by atoms with van der Waals surface area (Å²) >= 11 is 0. The molecule has 0 fully saturated rings. The standard InChI is InChI=1S/C14H24O4Si/c1-4-15-13(12-10-8-7-9-11-12)14(18-19,16-5-2)17-6-3/h7-11,13H,4-6H2,1-3,19H3. The first kappa shape index (κ1) is 16.3. The molecule has 0 amide bonds. The number of benzene rings is 1. The summed E-state index contributed by atoms with van der Waals surface area (Å²) in [6.45, 7) is 7.35. The van der Waals surface area contributed by atoms with Gasteiger partial charge in [-0.2, -0.15) is 0 Å². The third-order valence-corrected chi connectivity index (χ3v) is 3.30. The zero-order chi connectivity index (χ0) is 14.1. The van der Waals surface area contributed by atoms with Crippen molar-refractivity contribution in [2.75, 3.05) is 19.8 Å². The summed E-state index contributed by atoms with van der Waals surface area (Å²) in [7, 11) is 0.501. The van der Waals surface area contributed by atoms with Gasteiger partial charge in [-0.05, 0) is 26.3 Å². The van der Waals surface area contributed by atoms with Crippen molar-refractivity contribution in [2.45, 2.75) is 32.8 Å². The van der Waals surface area contributed by atoms with Gasteiger partial charge < -0.3 is 18.6 Å². The molecule has 19 heavy (non-hydrogen) atoms. The number of hydrogen-bond acceptors (Lipinski definition) is 4. The molecule has 1 aromatic carbocycles. The van der Waals surface area contributed by atoms with Gasteiger partial charge in [-0.1, -0.05) is 30.3 Å². The van der Waals surface area contributed by atoms with Gasteiger partial charge >= 0.3 is 5.97 Å². The molecule has 0 heterocycles. The van der Waals surface area contributed by atoms with Gasteiger partial charge in [0.25, 0.3) is 0 Å². The summed E-state index contributed by atoms with van der Waals surface area (Å²) in [5.41, 5.74) is 0.988. The molecule has 0 bridgehead atoms. The van der Waals surface area contributed by atoms with Gasteiger partial charge in [0.05, 0.1) is 0 Å². The molecule has 0 saturated carbocycles. The van der Waals surface area contributed by atoms with E-state index in [0.29, 0.717) is 30.3 Å². The Balaban J connectivity index is 3.10. The SMILES string of the molecule is CCOC(c1ccccc1)C(O[SiH3])(OCC)OCC. The van der Waals surface area contributed by atoms with E-state index in [0.717, 1.165) is 5.56 Å². The highest BCUT2D eigenvalue weighted by atomic mass is 28.2. The third kappa shape index (κ3) is 4.12. The average molecular weight is 284 g/mol. The molecule has 0 aliphatic carbocycles. The van der Waals surface area contributed by atoms with Crippen LogP contribution < -0.4 is 0 Å². The van der Waals surface area contributed by atoms with Gasteiger partial charge in [0.2, 0.25) is 0 Å². The Morgan fingerprint density at radius 3 is 2.00 bits per heavy atom. The van der Waals surface area contributed by atoms with Crippen LogP contribution >= 0.6 is 0 Å². The minimum Gasteiger partial charge on any atom is -0.378 e. The second-order valence-electron chi connectivity index (χ2n) is 3.92. The maximum atomic E-state index is 5.84. The molecule has 0 saturated heterocycles. The van der Waals surface area contributed by atoms with E-state index in [1.165, 1.54) is 0 Å². The van der Waals surface area contributed by atoms with Gasteiger partial charge in [-0.3, -0.25) is 0 Å². The molecule has 5 heteroatoms. The second kappa shape index (κ2) is 8.45. The van der Waals surface area contributed by atoms with Crippen molar-refractivity contribution < 1.29 is 18.6 Å². The van der Waals surface area contributed by atoms with E-state index >= 15 is 0 Å². The van der Waals surface area contributed by atoms with Gasteiger partial charge in [0, 0.05) is 19.8 Å². The highest BCUT2D eigenvalue weighted by Gasteiger charge is 2.43. The summed E-state index contributed by atoms with van der Waals surface area (Å²) in [6, 6.07) is 9.90. The second-order valence-corrected chi connectivity index (χ2v) is 4.33. The molecule has 0 aliphatic heterocycles. The Bertz CT molecular complexity index is 339. The molecule has 1 atom stereocenters. The first-order valence-electron chi connectivity index (χ1n) is 6.73. The van der Waals surface area contributed by atoms with E-state index in [9.17, 15) is 0 Å². The van der Waals surface area contributed by atoms with Crippen LogP contribution in [0.5, 0.6) is 0 Å². The molecule has 0 aliphatic rings. The monoisotopic (exact) mass is 284 g/mol. The Morgan fingerprint density at radius 2 is 1.58 bits per heavy atom. The van der Waals surface area contributed by atoms with E-state index < -0.39 is 12.1 Å². The van der Waals surface area contributed by atoms with Crippen LogP contribution in [0.1, 0.15) is 32.4 Å². The lowest BCUT2D eigenvalue weighted by atomic mass is 10.1. The average Bonchev–Trinajstić information content (AvgIpc) is 2.45. The van der Waals surface area contributed by atoms with Gasteiger partial charge in [-0.15, -0.1) is 0 Å². The summed E-state index contributed by atoms with van der Waals surface area (Å²) in [6.07, 6.45) is -0.393. The van der Waals surface area contributed by atoms with E-state index in [1.807, 2.05) is 51.1 Å². The van der Waals surface area contributed by atoms with Crippen molar-refractivity contribution >= 4 is 10.5 Å². The van der Waals surface area contributed by atoms with Crippen molar-refractivity contribution in [3.05, 3.63) is 35.9 Å². The molecule has 1 aromatic rings. The Morgan fingerprint density at radius 1 is 1.00 bits per heavy atom. The number of hydrogen-bond donors (Lipinski definition) is 0. The van der Waals surface area contributed by atoms with Gasteiger partial charge in [0.1, 0.15) is 0 Å². The van der Waals surface area contributed by atoms with E-state index in [1.54, 1.807) is 0 Å². The molecule has 1 unspecified atom stereocenters. The Hall–Kier alpha value is -0.723. The van der Waals surface area contributed by atoms with Crippen molar-refractivity contribution in [3.63, 3.8) is 0 Å². The lowest BCUT2D eigenvalue weighted by Gasteiger charge is -2.38. The van der Waals surface area contributed by atoms with Gasteiger partial charge in [-0.25, -0.2) is 0 Å². The zero-order valence-corrected chi connectivity index (χ0v) is 14.2. The summed E-state index contributed by atoms with van der Waals surface area (Å²) in [5, 5.41) is 0. The van der Waals surface area contributed by atoms with Crippen molar-refractivity contribution in [1.82, 2.24) is 0 Å². The van der Waals surface area contributed by atoms with Crippen molar-refractivity contribution in [1.29, 1.82) is 0 Å². The first-order valence-corrected chi connectivity index (χ1v) is 7.55.